The monoisotopic (exact) mass is 364 g/mol. The molecule has 7 unspecified atom stereocenters. The first-order chi connectivity index (χ1) is 11.8. The first-order valence-electron chi connectivity index (χ1n) is 8.90. The third kappa shape index (κ3) is 3.41. The molecule has 0 amide bonds. The fourth-order valence-corrected chi connectivity index (χ4v) is 4.70. The fourth-order valence-electron chi connectivity index (χ4n) is 4.70. The summed E-state index contributed by atoms with van der Waals surface area (Å²) < 4.78 is 84.2. The molecule has 140 valence electrons. The van der Waals surface area contributed by atoms with E-state index in [-0.39, 0.29) is 24.8 Å². The average Bonchev–Trinajstić information content (AvgIpc) is 2.82. The van der Waals surface area contributed by atoms with Crippen molar-refractivity contribution in [3.63, 3.8) is 0 Å². The second kappa shape index (κ2) is 7.20. The van der Waals surface area contributed by atoms with E-state index in [1.54, 1.807) is 0 Å². The van der Waals surface area contributed by atoms with Crippen LogP contribution in [0.15, 0.2) is 12.1 Å². The molecule has 7 atom stereocenters. The third-order valence-electron chi connectivity index (χ3n) is 5.96. The van der Waals surface area contributed by atoms with Crippen LogP contribution < -0.4 is 0 Å². The number of halogens is 6. The molecule has 0 spiro atoms. The zero-order valence-electron chi connectivity index (χ0n) is 14.0. The maximum Gasteiger partial charge on any atom is 0.194 e. The fraction of sp³-hybridized carbons (Fsp3) is 0.684. The lowest BCUT2D eigenvalue weighted by Gasteiger charge is -2.22. The van der Waals surface area contributed by atoms with Crippen molar-refractivity contribution in [1.29, 1.82) is 0 Å². The SMILES string of the molecule is CCCC1CC(F)C2CC(c3cc(F)c(F)c(F)c3)C(F)C2CC1F. The van der Waals surface area contributed by atoms with Gasteiger partial charge in [0.25, 0.3) is 0 Å². The van der Waals surface area contributed by atoms with Crippen LogP contribution in [0.1, 0.15) is 50.5 Å². The van der Waals surface area contributed by atoms with Crippen molar-refractivity contribution in [2.24, 2.45) is 17.8 Å². The van der Waals surface area contributed by atoms with E-state index in [2.05, 4.69) is 0 Å². The molecule has 2 saturated carbocycles. The summed E-state index contributed by atoms with van der Waals surface area (Å²) in [5.41, 5.74) is -0.0234. The van der Waals surface area contributed by atoms with Crippen LogP contribution in [0.5, 0.6) is 0 Å². The van der Waals surface area contributed by atoms with Gasteiger partial charge in [-0.05, 0) is 61.1 Å². The summed E-state index contributed by atoms with van der Waals surface area (Å²) in [6.45, 7) is 1.90. The molecule has 1 aromatic rings. The van der Waals surface area contributed by atoms with Crippen molar-refractivity contribution >= 4 is 0 Å². The first kappa shape index (κ1) is 18.6. The molecule has 3 rings (SSSR count). The van der Waals surface area contributed by atoms with Crippen molar-refractivity contribution in [2.75, 3.05) is 0 Å². The number of alkyl halides is 3. The summed E-state index contributed by atoms with van der Waals surface area (Å²) >= 11 is 0. The number of rotatable bonds is 3. The highest BCUT2D eigenvalue weighted by Gasteiger charge is 2.51. The van der Waals surface area contributed by atoms with Crippen molar-refractivity contribution in [1.82, 2.24) is 0 Å². The minimum absolute atomic E-state index is 0.0234. The molecule has 2 aliphatic carbocycles. The second-order valence-electron chi connectivity index (χ2n) is 7.47. The van der Waals surface area contributed by atoms with Crippen molar-refractivity contribution in [3.05, 3.63) is 35.1 Å². The van der Waals surface area contributed by atoms with E-state index in [9.17, 15) is 26.3 Å². The molecule has 2 aliphatic rings. The highest BCUT2D eigenvalue weighted by Crippen LogP contribution is 2.52. The minimum Gasteiger partial charge on any atom is -0.247 e. The van der Waals surface area contributed by atoms with Gasteiger partial charge in [0.05, 0.1) is 0 Å². The number of hydrogen-bond acceptors (Lipinski definition) is 0. The molecule has 0 nitrogen and oxygen atoms in total. The highest BCUT2D eigenvalue weighted by molar-refractivity contribution is 5.26. The van der Waals surface area contributed by atoms with Gasteiger partial charge in [-0.15, -0.1) is 0 Å². The van der Waals surface area contributed by atoms with Crippen LogP contribution in [0.2, 0.25) is 0 Å². The van der Waals surface area contributed by atoms with Crippen LogP contribution >= 0.6 is 0 Å². The maximum atomic E-state index is 14.9. The van der Waals surface area contributed by atoms with Gasteiger partial charge < -0.3 is 0 Å². The zero-order valence-corrected chi connectivity index (χ0v) is 14.0. The summed E-state index contributed by atoms with van der Waals surface area (Å²) in [7, 11) is 0. The van der Waals surface area contributed by atoms with Crippen LogP contribution in [-0.2, 0) is 0 Å². The molecular weight excluding hydrogens is 342 g/mol. The Morgan fingerprint density at radius 1 is 0.880 bits per heavy atom. The average molecular weight is 364 g/mol. The van der Waals surface area contributed by atoms with E-state index < -0.39 is 59.6 Å². The van der Waals surface area contributed by atoms with Gasteiger partial charge in [0.2, 0.25) is 0 Å². The van der Waals surface area contributed by atoms with Gasteiger partial charge in [-0.25, -0.2) is 26.3 Å². The summed E-state index contributed by atoms with van der Waals surface area (Å²) in [5, 5.41) is 0. The second-order valence-corrected chi connectivity index (χ2v) is 7.47. The lowest BCUT2D eigenvalue weighted by Crippen LogP contribution is -2.24. The van der Waals surface area contributed by atoms with Crippen molar-refractivity contribution in [2.45, 2.75) is 63.5 Å². The van der Waals surface area contributed by atoms with Crippen LogP contribution in [-0.4, -0.2) is 18.5 Å². The molecule has 0 N–H and O–H groups in total. The molecule has 0 saturated heterocycles. The Morgan fingerprint density at radius 3 is 2.12 bits per heavy atom. The minimum atomic E-state index is -1.61. The largest absolute Gasteiger partial charge is 0.247 e. The summed E-state index contributed by atoms with van der Waals surface area (Å²) in [5.74, 6) is -7.22. The molecule has 1 aromatic carbocycles. The third-order valence-corrected chi connectivity index (χ3v) is 5.96. The van der Waals surface area contributed by atoms with Crippen LogP contribution in [0.4, 0.5) is 26.3 Å². The van der Waals surface area contributed by atoms with Gasteiger partial charge in [-0.3, -0.25) is 0 Å². The van der Waals surface area contributed by atoms with Gasteiger partial charge in [0, 0.05) is 5.92 Å². The molecular formula is C19H22F6. The standard InChI is InChI=1S/C19H22F6/c1-2-3-9-4-15(21)12-7-11(18(24)13(12)8-14(9)20)10-5-16(22)19(25)17(23)6-10/h5-6,9,11-15,18H,2-4,7-8H2,1H3. The normalized spacial score (nSPS) is 38.4. The Balaban J connectivity index is 1.85. The van der Waals surface area contributed by atoms with Gasteiger partial charge in [0.1, 0.15) is 18.5 Å². The number of benzene rings is 1. The molecule has 0 aliphatic heterocycles. The van der Waals surface area contributed by atoms with Crippen LogP contribution in [0.3, 0.4) is 0 Å². The van der Waals surface area contributed by atoms with E-state index >= 15 is 0 Å². The molecule has 25 heavy (non-hydrogen) atoms. The number of hydrogen-bond donors (Lipinski definition) is 0. The van der Waals surface area contributed by atoms with E-state index in [0.717, 1.165) is 18.6 Å². The molecule has 0 aromatic heterocycles. The van der Waals surface area contributed by atoms with Gasteiger partial charge >= 0.3 is 0 Å². The molecule has 6 heteroatoms. The topological polar surface area (TPSA) is 0 Å². The Bertz CT molecular complexity index is 595. The van der Waals surface area contributed by atoms with E-state index in [1.165, 1.54) is 0 Å². The maximum absolute atomic E-state index is 14.9. The Morgan fingerprint density at radius 2 is 1.52 bits per heavy atom. The lowest BCUT2D eigenvalue weighted by molar-refractivity contribution is 0.140. The summed E-state index contributed by atoms with van der Waals surface area (Å²) in [6, 6.07) is 1.53. The molecule has 2 fully saturated rings. The lowest BCUT2D eigenvalue weighted by atomic mass is 9.88. The van der Waals surface area contributed by atoms with Gasteiger partial charge in [0.15, 0.2) is 17.5 Å². The van der Waals surface area contributed by atoms with Gasteiger partial charge in [-0.2, -0.15) is 0 Å². The van der Waals surface area contributed by atoms with Crippen LogP contribution in [0.25, 0.3) is 0 Å². The van der Waals surface area contributed by atoms with Crippen molar-refractivity contribution in [3.8, 4) is 0 Å². The predicted octanol–water partition coefficient (Wildman–Crippen LogP) is 6.05. The highest BCUT2D eigenvalue weighted by atomic mass is 19.2. The summed E-state index contributed by atoms with van der Waals surface area (Å²) in [4.78, 5) is 0. The summed E-state index contributed by atoms with van der Waals surface area (Å²) in [6.07, 6.45) is -2.85. The number of fused-ring (bicyclic) bond motifs is 1. The predicted molar refractivity (Wildman–Crippen MR) is 83.0 cm³/mol. The molecule has 0 radical (unpaired) electrons. The Hall–Kier alpha value is -1.20. The van der Waals surface area contributed by atoms with Crippen LogP contribution in [0, 0.1) is 35.2 Å². The van der Waals surface area contributed by atoms with E-state index in [1.807, 2.05) is 6.92 Å². The molecule has 0 bridgehead atoms. The van der Waals surface area contributed by atoms with Gasteiger partial charge in [-0.1, -0.05) is 13.3 Å². The zero-order chi connectivity index (χ0) is 18.3. The molecule has 0 heterocycles. The quantitative estimate of drug-likeness (QED) is 0.453. The Kier molecular flexibility index (Phi) is 5.35. The van der Waals surface area contributed by atoms with E-state index in [0.29, 0.717) is 6.42 Å². The van der Waals surface area contributed by atoms with E-state index in [4.69, 9.17) is 0 Å². The smallest absolute Gasteiger partial charge is 0.194 e. The first-order valence-corrected chi connectivity index (χ1v) is 8.90. The van der Waals surface area contributed by atoms with Crippen molar-refractivity contribution < 1.29 is 26.3 Å². The Labute approximate surface area is 143 Å².